The van der Waals surface area contributed by atoms with Gasteiger partial charge in [-0.25, -0.2) is 0 Å². The normalized spacial score (nSPS) is 17.9. The number of ether oxygens (including phenoxy) is 1. The molecule has 3 aromatic carbocycles. The second kappa shape index (κ2) is 12.2. The molecule has 3 aliphatic rings. The van der Waals surface area contributed by atoms with Gasteiger partial charge in [-0.15, -0.1) is 0 Å². The number of nitrogens with zero attached hydrogens (tertiary/aromatic N) is 2. The van der Waals surface area contributed by atoms with Gasteiger partial charge >= 0.3 is 0 Å². The Morgan fingerprint density at radius 2 is 1.36 bits per heavy atom. The zero-order chi connectivity index (χ0) is 29.2. The van der Waals surface area contributed by atoms with Crippen LogP contribution >= 0.6 is 0 Å². The second-order valence-electron chi connectivity index (χ2n) is 11.6. The number of hydrogen-bond donors (Lipinski definition) is 0. The van der Waals surface area contributed by atoms with Crippen molar-refractivity contribution in [2.24, 2.45) is 0 Å². The summed E-state index contributed by atoms with van der Waals surface area (Å²) in [6.07, 6.45) is 6.94. The third kappa shape index (κ3) is 4.76. The zero-order valence-corrected chi connectivity index (χ0v) is 24.8. The molecule has 1 atom stereocenters. The minimum atomic E-state index is -0.229. The highest BCUT2D eigenvalue weighted by atomic mass is 16.5. The summed E-state index contributed by atoms with van der Waals surface area (Å²) in [7, 11) is 0. The molecule has 2 heterocycles. The van der Waals surface area contributed by atoms with E-state index in [1.807, 2.05) is 47.4 Å². The van der Waals surface area contributed by atoms with Crippen LogP contribution in [0.2, 0.25) is 0 Å². The Morgan fingerprint density at radius 3 is 2.02 bits per heavy atom. The number of rotatable bonds is 10. The van der Waals surface area contributed by atoms with Crippen molar-refractivity contribution in [2.75, 3.05) is 37.7 Å². The fourth-order valence-electron chi connectivity index (χ4n) is 7.00. The highest BCUT2D eigenvalue weighted by Gasteiger charge is 2.47. The molecule has 42 heavy (non-hydrogen) atoms. The maximum atomic E-state index is 14.6. The molecule has 6 nitrogen and oxygen atoms in total. The summed E-state index contributed by atoms with van der Waals surface area (Å²) in [5.74, 6) is -0.297. The van der Waals surface area contributed by atoms with Gasteiger partial charge in [0, 0.05) is 47.5 Å². The lowest BCUT2D eigenvalue weighted by molar-refractivity contribution is 0.0712. The number of carbonyl (C=O) groups is 3. The molecule has 3 aromatic rings. The van der Waals surface area contributed by atoms with Crippen LogP contribution in [0.25, 0.3) is 11.1 Å². The molecule has 0 aromatic heterocycles. The summed E-state index contributed by atoms with van der Waals surface area (Å²) in [5.41, 5.74) is 5.55. The minimum Gasteiger partial charge on any atom is -0.378 e. The number of amides is 1. The van der Waals surface area contributed by atoms with E-state index in [0.29, 0.717) is 66.4 Å². The molecule has 218 valence electrons. The van der Waals surface area contributed by atoms with Crippen LogP contribution in [0.15, 0.2) is 54.6 Å². The summed E-state index contributed by atoms with van der Waals surface area (Å²) in [6.45, 7) is 7.18. The van der Waals surface area contributed by atoms with Crippen molar-refractivity contribution in [1.29, 1.82) is 0 Å². The van der Waals surface area contributed by atoms with Gasteiger partial charge in [-0.1, -0.05) is 101 Å². The quantitative estimate of drug-likeness (QED) is 0.190. The number of anilines is 1. The molecule has 6 rings (SSSR count). The van der Waals surface area contributed by atoms with Gasteiger partial charge in [0.2, 0.25) is 0 Å². The molecule has 0 N–H and O–H groups in total. The van der Waals surface area contributed by atoms with Gasteiger partial charge in [-0.2, -0.15) is 0 Å². The van der Waals surface area contributed by atoms with Gasteiger partial charge in [-0.05, 0) is 18.4 Å². The van der Waals surface area contributed by atoms with Gasteiger partial charge < -0.3 is 14.5 Å². The highest BCUT2D eigenvalue weighted by molar-refractivity contribution is 6.33. The molecular formula is C36H40N2O4. The van der Waals surface area contributed by atoms with Crippen LogP contribution in [0.4, 0.5) is 5.69 Å². The molecule has 1 aliphatic carbocycles. The molecule has 6 heteroatoms. The first kappa shape index (κ1) is 28.4. The Morgan fingerprint density at radius 1 is 0.714 bits per heavy atom. The van der Waals surface area contributed by atoms with Gasteiger partial charge in [0.15, 0.2) is 11.6 Å². The van der Waals surface area contributed by atoms with Crippen LogP contribution in [-0.4, -0.2) is 55.2 Å². The summed E-state index contributed by atoms with van der Waals surface area (Å²) in [5, 5.41) is 0. The first-order chi connectivity index (χ1) is 20.6. The number of morpholine rings is 1. The van der Waals surface area contributed by atoms with Crippen LogP contribution in [0.1, 0.15) is 113 Å². The Bertz CT molecular complexity index is 1510. The number of benzene rings is 3. The Balaban J connectivity index is 1.69. The van der Waals surface area contributed by atoms with E-state index in [4.69, 9.17) is 4.74 Å². The number of hydrogen-bond acceptors (Lipinski definition) is 5. The first-order valence-corrected chi connectivity index (χ1v) is 15.7. The molecule has 1 unspecified atom stereocenters. The zero-order valence-electron chi connectivity index (χ0n) is 24.8. The van der Waals surface area contributed by atoms with Crippen LogP contribution in [0, 0.1) is 0 Å². The van der Waals surface area contributed by atoms with E-state index in [-0.39, 0.29) is 23.5 Å². The fraction of sp³-hybridized carbons (Fsp3) is 0.417. The monoisotopic (exact) mass is 564 g/mol. The minimum absolute atomic E-state index is 0.0192. The Labute approximate surface area is 248 Å². The largest absolute Gasteiger partial charge is 0.378 e. The Hall–Kier alpha value is -3.77. The Kier molecular flexibility index (Phi) is 8.25. The van der Waals surface area contributed by atoms with Gasteiger partial charge in [0.05, 0.1) is 36.1 Å². The van der Waals surface area contributed by atoms with E-state index in [9.17, 15) is 14.4 Å². The van der Waals surface area contributed by atoms with Gasteiger partial charge in [0.25, 0.3) is 5.91 Å². The number of ketones is 2. The van der Waals surface area contributed by atoms with Crippen molar-refractivity contribution in [3.8, 4) is 11.1 Å². The predicted molar refractivity (Wildman–Crippen MR) is 166 cm³/mol. The van der Waals surface area contributed by atoms with E-state index in [2.05, 4.69) is 18.7 Å². The standard InChI is InChI=1S/C36H40N2O4/c1-3-5-7-11-18-27-29-30-32(35(40)26-17-13-12-16-25(26)34(30)39)33(37-20-22-42-23-21-37)28(24-14-9-8-10-15-24)31(29)36(41)38(27)19-6-4-2/h8-10,12-17,27H,3-7,11,18-23H2,1-2H3. The predicted octanol–water partition coefficient (Wildman–Crippen LogP) is 7.23. The van der Waals surface area contributed by atoms with E-state index in [1.165, 1.54) is 0 Å². The lowest BCUT2D eigenvalue weighted by atomic mass is 9.75. The van der Waals surface area contributed by atoms with Crippen LogP contribution in [-0.2, 0) is 4.74 Å². The van der Waals surface area contributed by atoms with Crippen molar-refractivity contribution >= 4 is 23.2 Å². The molecular weight excluding hydrogens is 524 g/mol. The summed E-state index contributed by atoms with van der Waals surface area (Å²) >= 11 is 0. The number of fused-ring (bicyclic) bond motifs is 4. The van der Waals surface area contributed by atoms with Gasteiger partial charge in [-0.3, -0.25) is 14.4 Å². The van der Waals surface area contributed by atoms with Crippen molar-refractivity contribution in [3.63, 3.8) is 0 Å². The first-order valence-electron chi connectivity index (χ1n) is 15.7. The van der Waals surface area contributed by atoms with Crippen molar-refractivity contribution < 1.29 is 19.1 Å². The van der Waals surface area contributed by atoms with Crippen LogP contribution in [0.5, 0.6) is 0 Å². The third-order valence-corrected chi connectivity index (χ3v) is 9.04. The molecule has 2 aliphatic heterocycles. The molecule has 0 spiro atoms. The fourth-order valence-corrected chi connectivity index (χ4v) is 7.00. The molecule has 0 bridgehead atoms. The summed E-state index contributed by atoms with van der Waals surface area (Å²) < 4.78 is 5.70. The average Bonchev–Trinajstić information content (AvgIpc) is 3.31. The third-order valence-electron chi connectivity index (χ3n) is 9.04. The number of unbranched alkanes of at least 4 members (excludes halogenated alkanes) is 4. The van der Waals surface area contributed by atoms with Crippen LogP contribution < -0.4 is 4.90 Å². The molecule has 1 saturated heterocycles. The van der Waals surface area contributed by atoms with Crippen molar-refractivity contribution in [2.45, 2.75) is 64.8 Å². The smallest absolute Gasteiger partial charge is 0.255 e. The molecule has 1 amide bonds. The number of carbonyl (C=O) groups excluding carboxylic acids is 3. The molecule has 0 radical (unpaired) electrons. The highest BCUT2D eigenvalue weighted by Crippen LogP contribution is 2.52. The maximum absolute atomic E-state index is 14.6. The van der Waals surface area contributed by atoms with Crippen molar-refractivity contribution in [1.82, 2.24) is 4.90 Å². The average molecular weight is 565 g/mol. The summed E-state index contributed by atoms with van der Waals surface area (Å²) in [6, 6.07) is 16.9. The second-order valence-corrected chi connectivity index (χ2v) is 11.6. The van der Waals surface area contributed by atoms with Crippen molar-refractivity contribution in [3.05, 3.63) is 88.0 Å². The van der Waals surface area contributed by atoms with E-state index < -0.39 is 0 Å². The van der Waals surface area contributed by atoms with Gasteiger partial charge in [0.1, 0.15) is 0 Å². The lowest BCUT2D eigenvalue weighted by Gasteiger charge is -2.35. The summed E-state index contributed by atoms with van der Waals surface area (Å²) in [4.78, 5) is 47.9. The van der Waals surface area contributed by atoms with E-state index in [0.717, 1.165) is 61.6 Å². The lowest BCUT2D eigenvalue weighted by Crippen LogP contribution is -2.39. The maximum Gasteiger partial charge on any atom is 0.255 e. The van der Waals surface area contributed by atoms with E-state index >= 15 is 0 Å². The topological polar surface area (TPSA) is 66.9 Å². The van der Waals surface area contributed by atoms with E-state index in [1.54, 1.807) is 12.1 Å². The molecule has 1 fully saturated rings. The SMILES string of the molecule is CCCCCCC1c2c3c(c(N4CCOCC4)c(-c4ccccc4)c2C(=O)N1CCCC)C(=O)c1ccccc1C3=O. The van der Waals surface area contributed by atoms with Crippen LogP contribution in [0.3, 0.4) is 0 Å². The molecule has 0 saturated carbocycles.